The standard InChI is InChI=1S/C15H15NO5/c1-9-4-5-11-10(7-9)8-12(15(20)21)16(14(11)19)6-2-3-13(17)18/h4-5,7-8H,2-3,6H2,1H3,(H,17,18)(H,20,21). The van der Waals surface area contributed by atoms with Gasteiger partial charge in [-0.1, -0.05) is 17.7 Å². The summed E-state index contributed by atoms with van der Waals surface area (Å²) in [6, 6.07) is 6.65. The predicted molar refractivity (Wildman–Crippen MR) is 76.8 cm³/mol. The van der Waals surface area contributed by atoms with E-state index in [1.807, 2.05) is 6.92 Å². The number of carbonyl (C=O) groups is 2. The Balaban J connectivity index is 2.56. The lowest BCUT2D eigenvalue weighted by Gasteiger charge is -2.11. The van der Waals surface area contributed by atoms with Gasteiger partial charge in [0.15, 0.2) is 0 Å². The van der Waals surface area contributed by atoms with Crippen molar-refractivity contribution in [2.45, 2.75) is 26.3 Å². The van der Waals surface area contributed by atoms with Gasteiger partial charge < -0.3 is 14.8 Å². The second kappa shape index (κ2) is 5.78. The van der Waals surface area contributed by atoms with E-state index < -0.39 is 17.5 Å². The Morgan fingerprint density at radius 2 is 1.90 bits per heavy atom. The van der Waals surface area contributed by atoms with E-state index in [1.165, 1.54) is 6.07 Å². The van der Waals surface area contributed by atoms with Crippen molar-refractivity contribution in [2.24, 2.45) is 0 Å². The van der Waals surface area contributed by atoms with Gasteiger partial charge in [0.05, 0.1) is 0 Å². The van der Waals surface area contributed by atoms with Crippen molar-refractivity contribution in [1.29, 1.82) is 0 Å². The minimum atomic E-state index is -1.20. The lowest BCUT2D eigenvalue weighted by Crippen LogP contribution is -2.26. The molecule has 2 rings (SSSR count). The molecular formula is C15H15NO5. The van der Waals surface area contributed by atoms with E-state index in [1.54, 1.807) is 18.2 Å². The zero-order valence-corrected chi connectivity index (χ0v) is 11.5. The van der Waals surface area contributed by atoms with Gasteiger partial charge in [0.1, 0.15) is 5.69 Å². The number of benzene rings is 1. The molecule has 0 saturated carbocycles. The molecule has 1 aromatic heterocycles. The van der Waals surface area contributed by atoms with Crippen molar-refractivity contribution in [3.8, 4) is 0 Å². The maximum absolute atomic E-state index is 12.4. The van der Waals surface area contributed by atoms with Crippen molar-refractivity contribution in [3.63, 3.8) is 0 Å². The highest BCUT2D eigenvalue weighted by Crippen LogP contribution is 2.15. The Kier molecular flexibility index (Phi) is 4.07. The van der Waals surface area contributed by atoms with Crippen LogP contribution in [0.15, 0.2) is 29.1 Å². The topological polar surface area (TPSA) is 96.6 Å². The summed E-state index contributed by atoms with van der Waals surface area (Å²) in [5.41, 5.74) is 0.403. The molecule has 21 heavy (non-hydrogen) atoms. The fourth-order valence-corrected chi connectivity index (χ4v) is 2.26. The predicted octanol–water partition coefficient (Wildman–Crippen LogP) is 1.87. The third-order valence-electron chi connectivity index (χ3n) is 3.26. The van der Waals surface area contributed by atoms with Gasteiger partial charge in [-0.3, -0.25) is 9.59 Å². The number of nitrogens with zero attached hydrogens (tertiary/aromatic N) is 1. The van der Waals surface area contributed by atoms with Gasteiger partial charge in [-0.25, -0.2) is 4.79 Å². The zero-order chi connectivity index (χ0) is 15.6. The van der Waals surface area contributed by atoms with E-state index in [0.29, 0.717) is 10.8 Å². The maximum Gasteiger partial charge on any atom is 0.352 e. The SMILES string of the molecule is Cc1ccc2c(=O)n(CCCC(=O)O)c(C(=O)O)cc2c1. The number of aromatic nitrogens is 1. The molecule has 0 amide bonds. The fourth-order valence-electron chi connectivity index (χ4n) is 2.26. The molecule has 0 atom stereocenters. The quantitative estimate of drug-likeness (QED) is 0.876. The molecule has 6 heteroatoms. The molecule has 2 aromatic rings. The summed E-state index contributed by atoms with van der Waals surface area (Å²) in [4.78, 5) is 34.3. The molecule has 0 aliphatic heterocycles. The van der Waals surface area contributed by atoms with Crippen molar-refractivity contribution >= 4 is 22.7 Å². The lowest BCUT2D eigenvalue weighted by molar-refractivity contribution is -0.137. The fraction of sp³-hybridized carbons (Fsp3) is 0.267. The smallest absolute Gasteiger partial charge is 0.352 e. The number of pyridine rings is 1. The van der Waals surface area contributed by atoms with E-state index in [9.17, 15) is 19.5 Å². The Labute approximate surface area is 120 Å². The van der Waals surface area contributed by atoms with Crippen LogP contribution < -0.4 is 5.56 Å². The first kappa shape index (κ1) is 14.8. The molecule has 6 nitrogen and oxygen atoms in total. The molecule has 0 spiro atoms. The third kappa shape index (κ3) is 3.10. The number of aliphatic carboxylic acids is 1. The minimum absolute atomic E-state index is 0.0661. The summed E-state index contributed by atoms with van der Waals surface area (Å²) in [6.07, 6.45) is 0.0876. The number of hydrogen-bond acceptors (Lipinski definition) is 3. The van der Waals surface area contributed by atoms with Crippen LogP contribution >= 0.6 is 0 Å². The number of carboxylic acids is 2. The van der Waals surface area contributed by atoms with Crippen molar-refractivity contribution < 1.29 is 19.8 Å². The van der Waals surface area contributed by atoms with Crippen LogP contribution in [0.1, 0.15) is 28.9 Å². The van der Waals surface area contributed by atoms with Gasteiger partial charge in [-0.2, -0.15) is 0 Å². The van der Waals surface area contributed by atoms with Crippen LogP contribution in [-0.4, -0.2) is 26.7 Å². The summed E-state index contributed by atoms with van der Waals surface area (Å²) < 4.78 is 1.13. The normalized spacial score (nSPS) is 10.7. The van der Waals surface area contributed by atoms with Gasteiger partial charge >= 0.3 is 11.9 Å². The highest BCUT2D eigenvalue weighted by molar-refractivity contribution is 5.92. The summed E-state index contributed by atoms with van der Waals surface area (Å²) >= 11 is 0. The summed E-state index contributed by atoms with van der Waals surface area (Å²) in [5, 5.41) is 18.9. The van der Waals surface area contributed by atoms with Gasteiger partial charge in [0.25, 0.3) is 5.56 Å². The maximum atomic E-state index is 12.4. The Morgan fingerprint density at radius 3 is 2.52 bits per heavy atom. The van der Waals surface area contributed by atoms with Crippen LogP contribution in [0.4, 0.5) is 0 Å². The molecule has 0 bridgehead atoms. The van der Waals surface area contributed by atoms with E-state index in [4.69, 9.17) is 5.11 Å². The second-order valence-corrected chi connectivity index (χ2v) is 4.88. The minimum Gasteiger partial charge on any atom is -0.481 e. The number of rotatable bonds is 5. The summed E-state index contributed by atoms with van der Waals surface area (Å²) in [5.74, 6) is -2.18. The van der Waals surface area contributed by atoms with Crippen LogP contribution in [0.2, 0.25) is 0 Å². The van der Waals surface area contributed by atoms with Crippen LogP contribution in [-0.2, 0) is 11.3 Å². The van der Waals surface area contributed by atoms with Crippen LogP contribution in [0.3, 0.4) is 0 Å². The van der Waals surface area contributed by atoms with E-state index >= 15 is 0 Å². The molecule has 1 heterocycles. The van der Waals surface area contributed by atoms with Gasteiger partial charge in [-0.05, 0) is 30.9 Å². The van der Waals surface area contributed by atoms with Crippen molar-refractivity contribution in [3.05, 3.63) is 45.9 Å². The first-order valence-electron chi connectivity index (χ1n) is 6.49. The average Bonchev–Trinajstić information content (AvgIpc) is 2.40. The van der Waals surface area contributed by atoms with Crippen molar-refractivity contribution in [1.82, 2.24) is 4.57 Å². The highest BCUT2D eigenvalue weighted by Gasteiger charge is 2.14. The molecule has 2 N–H and O–H groups in total. The lowest BCUT2D eigenvalue weighted by atomic mass is 10.1. The first-order chi connectivity index (χ1) is 9.90. The number of carboxylic acid groups (broad SMARTS) is 2. The molecule has 0 unspecified atom stereocenters. The number of aromatic carboxylic acids is 1. The van der Waals surface area contributed by atoms with Gasteiger partial charge in [0.2, 0.25) is 0 Å². The molecule has 0 aliphatic carbocycles. The molecule has 0 fully saturated rings. The van der Waals surface area contributed by atoms with Crippen LogP contribution in [0, 0.1) is 6.92 Å². The molecule has 110 valence electrons. The highest BCUT2D eigenvalue weighted by atomic mass is 16.4. The molecule has 1 aromatic carbocycles. The van der Waals surface area contributed by atoms with Crippen LogP contribution in [0.25, 0.3) is 10.8 Å². The van der Waals surface area contributed by atoms with E-state index in [-0.39, 0.29) is 25.1 Å². The number of aryl methyl sites for hydroxylation is 1. The van der Waals surface area contributed by atoms with Gasteiger partial charge in [-0.15, -0.1) is 0 Å². The number of fused-ring (bicyclic) bond motifs is 1. The van der Waals surface area contributed by atoms with Crippen molar-refractivity contribution in [2.75, 3.05) is 0 Å². The van der Waals surface area contributed by atoms with E-state index in [2.05, 4.69) is 0 Å². The largest absolute Gasteiger partial charge is 0.481 e. The zero-order valence-electron chi connectivity index (χ0n) is 11.5. The first-order valence-corrected chi connectivity index (χ1v) is 6.49. The second-order valence-electron chi connectivity index (χ2n) is 4.88. The summed E-state index contributed by atoms with van der Waals surface area (Å²) in [7, 11) is 0. The summed E-state index contributed by atoms with van der Waals surface area (Å²) in [6.45, 7) is 1.93. The third-order valence-corrected chi connectivity index (χ3v) is 3.26. The Morgan fingerprint density at radius 1 is 1.19 bits per heavy atom. The Bertz CT molecular complexity index is 775. The molecular weight excluding hydrogens is 274 g/mol. The van der Waals surface area contributed by atoms with Crippen LogP contribution in [0.5, 0.6) is 0 Å². The average molecular weight is 289 g/mol. The van der Waals surface area contributed by atoms with E-state index in [0.717, 1.165) is 10.1 Å². The number of hydrogen-bond donors (Lipinski definition) is 2. The monoisotopic (exact) mass is 289 g/mol. The molecule has 0 radical (unpaired) electrons. The molecule has 0 saturated heterocycles. The Hall–Kier alpha value is -2.63. The van der Waals surface area contributed by atoms with Gasteiger partial charge in [0, 0.05) is 18.4 Å². The molecule has 0 aliphatic rings.